The number of hydrogen-bond donors (Lipinski definition) is 2. The Kier molecular flexibility index (Phi) is 4.30. The van der Waals surface area contributed by atoms with Crippen molar-refractivity contribution in [2.75, 3.05) is 35.8 Å². The first-order chi connectivity index (χ1) is 8.35. The Hall–Kier alpha value is -1.17. The van der Waals surface area contributed by atoms with Gasteiger partial charge in [-0.15, -0.1) is 0 Å². The zero-order valence-corrected chi connectivity index (χ0v) is 11.0. The normalized spacial score (nSPS) is 19.1. The van der Waals surface area contributed by atoms with Crippen molar-refractivity contribution in [2.45, 2.75) is 19.4 Å². The molecule has 2 rings (SSSR count). The highest BCUT2D eigenvalue weighted by Gasteiger charge is 2.19. The van der Waals surface area contributed by atoms with Crippen LogP contribution in [0.5, 0.6) is 5.75 Å². The number of nitrogens with one attached hydrogen (secondary N) is 2. The van der Waals surface area contributed by atoms with Gasteiger partial charge in [0.1, 0.15) is 6.33 Å². The highest BCUT2D eigenvalue weighted by molar-refractivity contribution is 7.99. The van der Waals surface area contributed by atoms with Crippen molar-refractivity contribution < 1.29 is 4.74 Å². The van der Waals surface area contributed by atoms with E-state index in [2.05, 4.69) is 20.6 Å². The zero-order valence-electron chi connectivity index (χ0n) is 10.2. The van der Waals surface area contributed by atoms with Crippen LogP contribution in [0.3, 0.4) is 0 Å². The third-order valence-corrected chi connectivity index (χ3v) is 3.79. The fourth-order valence-corrected chi connectivity index (χ4v) is 2.96. The minimum Gasteiger partial charge on any atom is -0.490 e. The average Bonchev–Trinajstić information content (AvgIpc) is 2.83. The Labute approximate surface area is 106 Å². The van der Waals surface area contributed by atoms with E-state index in [1.54, 1.807) is 13.4 Å². The number of rotatable bonds is 5. The molecule has 2 heterocycles. The van der Waals surface area contributed by atoms with E-state index in [1.165, 1.54) is 12.2 Å². The second-order valence-corrected chi connectivity index (χ2v) is 4.99. The number of hydrogen-bond acceptors (Lipinski definition) is 6. The zero-order chi connectivity index (χ0) is 12.1. The first-order valence-electron chi connectivity index (χ1n) is 5.82. The summed E-state index contributed by atoms with van der Waals surface area (Å²) in [5.41, 5.74) is 0. The molecule has 94 valence electrons. The predicted octanol–water partition coefficient (Wildman–Crippen LogP) is 1.83. The van der Waals surface area contributed by atoms with Gasteiger partial charge in [0, 0.05) is 18.3 Å². The maximum atomic E-state index is 5.38. The van der Waals surface area contributed by atoms with E-state index < -0.39 is 0 Å². The quantitative estimate of drug-likeness (QED) is 0.836. The standard InChI is InChI=1S/C11H18N4OS/c1-3-12-10-9(16-2)11(14-7-13-10)15-8-4-5-17-6-8/h7-8H,3-6H2,1-2H3,(H2,12,13,14,15). The van der Waals surface area contributed by atoms with Gasteiger partial charge in [-0.2, -0.15) is 11.8 Å². The van der Waals surface area contributed by atoms with Gasteiger partial charge >= 0.3 is 0 Å². The van der Waals surface area contributed by atoms with Crippen molar-refractivity contribution in [1.29, 1.82) is 0 Å². The highest BCUT2D eigenvalue weighted by Crippen LogP contribution is 2.31. The predicted molar refractivity (Wildman–Crippen MR) is 72.1 cm³/mol. The van der Waals surface area contributed by atoms with Crippen LogP contribution in [0, 0.1) is 0 Å². The molecule has 1 atom stereocenters. The molecule has 1 unspecified atom stereocenters. The number of thioether (sulfide) groups is 1. The third kappa shape index (κ3) is 2.94. The minimum absolute atomic E-state index is 0.485. The van der Waals surface area contributed by atoms with Crippen molar-refractivity contribution in [3.05, 3.63) is 6.33 Å². The molecule has 1 aliphatic heterocycles. The average molecular weight is 254 g/mol. The molecule has 0 amide bonds. The van der Waals surface area contributed by atoms with Crippen LogP contribution >= 0.6 is 11.8 Å². The number of ether oxygens (including phenoxy) is 1. The van der Waals surface area contributed by atoms with Crippen LogP contribution in [-0.4, -0.2) is 41.2 Å². The van der Waals surface area contributed by atoms with Gasteiger partial charge in [-0.3, -0.25) is 0 Å². The molecular weight excluding hydrogens is 236 g/mol. The lowest BCUT2D eigenvalue weighted by atomic mass is 10.2. The molecule has 1 aromatic heterocycles. The van der Waals surface area contributed by atoms with Crippen LogP contribution in [0.15, 0.2) is 6.33 Å². The molecule has 1 fully saturated rings. The summed E-state index contributed by atoms with van der Waals surface area (Å²) in [5, 5.41) is 6.59. The molecule has 0 spiro atoms. The number of nitrogens with zero attached hydrogens (tertiary/aromatic N) is 2. The van der Waals surface area contributed by atoms with Crippen molar-refractivity contribution in [3.63, 3.8) is 0 Å². The Morgan fingerprint density at radius 3 is 2.94 bits per heavy atom. The summed E-state index contributed by atoms with van der Waals surface area (Å²) in [6, 6.07) is 0.485. The summed E-state index contributed by atoms with van der Waals surface area (Å²) in [5.74, 6) is 4.57. The van der Waals surface area contributed by atoms with Crippen molar-refractivity contribution in [2.24, 2.45) is 0 Å². The van der Waals surface area contributed by atoms with Crippen molar-refractivity contribution in [1.82, 2.24) is 9.97 Å². The van der Waals surface area contributed by atoms with E-state index in [4.69, 9.17) is 4.74 Å². The molecule has 1 aliphatic rings. The number of aromatic nitrogens is 2. The van der Waals surface area contributed by atoms with Crippen LogP contribution in [0.25, 0.3) is 0 Å². The van der Waals surface area contributed by atoms with Gasteiger partial charge < -0.3 is 15.4 Å². The monoisotopic (exact) mass is 254 g/mol. The molecule has 0 bridgehead atoms. The van der Waals surface area contributed by atoms with Gasteiger partial charge in [0.25, 0.3) is 0 Å². The lowest BCUT2D eigenvalue weighted by molar-refractivity contribution is 0.414. The van der Waals surface area contributed by atoms with Gasteiger partial charge in [0.05, 0.1) is 7.11 Å². The molecule has 1 saturated heterocycles. The number of methoxy groups -OCH3 is 1. The first kappa shape index (κ1) is 12.3. The smallest absolute Gasteiger partial charge is 0.204 e. The Bertz CT molecular complexity index is 368. The van der Waals surface area contributed by atoms with Crippen LogP contribution < -0.4 is 15.4 Å². The number of anilines is 2. The molecule has 0 saturated carbocycles. The minimum atomic E-state index is 0.485. The van der Waals surface area contributed by atoms with Gasteiger partial charge in [0.2, 0.25) is 5.75 Å². The summed E-state index contributed by atoms with van der Waals surface area (Å²) >= 11 is 1.97. The maximum Gasteiger partial charge on any atom is 0.204 e. The summed E-state index contributed by atoms with van der Waals surface area (Å²) < 4.78 is 5.38. The highest BCUT2D eigenvalue weighted by atomic mass is 32.2. The maximum absolute atomic E-state index is 5.38. The summed E-state index contributed by atoms with van der Waals surface area (Å²) in [6.07, 6.45) is 2.74. The second-order valence-electron chi connectivity index (χ2n) is 3.84. The van der Waals surface area contributed by atoms with Crippen LogP contribution in [0.2, 0.25) is 0 Å². The Balaban J connectivity index is 2.16. The van der Waals surface area contributed by atoms with Gasteiger partial charge in [-0.25, -0.2) is 9.97 Å². The fraction of sp³-hybridized carbons (Fsp3) is 0.636. The van der Waals surface area contributed by atoms with Crippen molar-refractivity contribution in [3.8, 4) is 5.75 Å². The SMILES string of the molecule is CCNc1ncnc(NC2CCSC2)c1OC. The lowest BCUT2D eigenvalue weighted by Gasteiger charge is -2.16. The fourth-order valence-electron chi connectivity index (χ4n) is 1.80. The molecule has 17 heavy (non-hydrogen) atoms. The van der Waals surface area contributed by atoms with Gasteiger partial charge in [0.15, 0.2) is 11.6 Å². The van der Waals surface area contributed by atoms with Gasteiger partial charge in [-0.1, -0.05) is 0 Å². The Morgan fingerprint density at radius 2 is 2.29 bits per heavy atom. The molecule has 0 aromatic carbocycles. The van der Waals surface area contributed by atoms with E-state index in [0.29, 0.717) is 11.8 Å². The summed E-state index contributed by atoms with van der Waals surface area (Å²) in [4.78, 5) is 8.44. The van der Waals surface area contributed by atoms with Crippen LogP contribution in [-0.2, 0) is 0 Å². The molecule has 0 aliphatic carbocycles. The molecule has 0 radical (unpaired) electrons. The first-order valence-corrected chi connectivity index (χ1v) is 6.97. The molecule has 2 N–H and O–H groups in total. The van der Waals surface area contributed by atoms with Gasteiger partial charge in [-0.05, 0) is 19.1 Å². The van der Waals surface area contributed by atoms with E-state index in [0.717, 1.165) is 23.9 Å². The second kappa shape index (κ2) is 5.95. The molecular formula is C11H18N4OS. The summed E-state index contributed by atoms with van der Waals surface area (Å²) in [7, 11) is 1.65. The Morgan fingerprint density at radius 1 is 1.47 bits per heavy atom. The van der Waals surface area contributed by atoms with Crippen molar-refractivity contribution >= 4 is 23.4 Å². The van der Waals surface area contributed by atoms with Crippen LogP contribution in [0.4, 0.5) is 11.6 Å². The van der Waals surface area contributed by atoms with Crippen LogP contribution in [0.1, 0.15) is 13.3 Å². The third-order valence-electron chi connectivity index (χ3n) is 2.62. The lowest BCUT2D eigenvalue weighted by Crippen LogP contribution is -2.20. The topological polar surface area (TPSA) is 59.1 Å². The van der Waals surface area contributed by atoms with E-state index in [1.807, 2.05) is 18.7 Å². The largest absolute Gasteiger partial charge is 0.490 e. The summed E-state index contributed by atoms with van der Waals surface area (Å²) in [6.45, 7) is 2.84. The van der Waals surface area contributed by atoms with E-state index in [-0.39, 0.29) is 0 Å². The molecule has 6 heteroatoms. The van der Waals surface area contributed by atoms with E-state index >= 15 is 0 Å². The van der Waals surface area contributed by atoms with E-state index in [9.17, 15) is 0 Å². The molecule has 1 aromatic rings. The molecule has 5 nitrogen and oxygen atoms in total.